The van der Waals surface area contributed by atoms with Crippen LogP contribution in [0, 0.1) is 0 Å². The lowest BCUT2D eigenvalue weighted by atomic mass is 9.94. The summed E-state index contributed by atoms with van der Waals surface area (Å²) in [5.41, 5.74) is 0.301. The van der Waals surface area contributed by atoms with Gasteiger partial charge in [0.15, 0.2) is 11.5 Å². The molecule has 28 heavy (non-hydrogen) atoms. The molecule has 0 saturated carbocycles. The lowest BCUT2D eigenvalue weighted by Crippen LogP contribution is -2.47. The van der Waals surface area contributed by atoms with Crippen LogP contribution in [0.3, 0.4) is 0 Å². The van der Waals surface area contributed by atoms with Crippen LogP contribution in [-0.4, -0.2) is 40.5 Å². The number of urea groups is 1. The highest BCUT2D eigenvalue weighted by molar-refractivity contribution is 5.75. The average Bonchev–Trinajstić information content (AvgIpc) is 2.70. The van der Waals surface area contributed by atoms with Gasteiger partial charge in [-0.1, -0.05) is 6.07 Å². The van der Waals surface area contributed by atoms with Gasteiger partial charge >= 0.3 is 6.03 Å². The Balaban J connectivity index is 1.83. The molecule has 2 N–H and O–H groups in total. The normalized spacial score (nSPS) is 10.8. The molecule has 0 aliphatic carbocycles. The molecule has 2 amide bonds. The molecule has 0 aliphatic heterocycles. The summed E-state index contributed by atoms with van der Waals surface area (Å²) in [6.45, 7) is 4.57. The predicted molar refractivity (Wildman–Crippen MR) is 108 cm³/mol. The smallest absolute Gasteiger partial charge is 0.315 e. The number of hydrogen-bond acceptors (Lipinski definition) is 5. The lowest BCUT2D eigenvalue weighted by molar-refractivity contribution is 0.226. The van der Waals surface area contributed by atoms with Gasteiger partial charge in [0.25, 0.3) is 0 Å². The quantitative estimate of drug-likeness (QED) is 0.645. The topological polar surface area (TPSA) is 78.1 Å². The Morgan fingerprint density at radius 2 is 1.54 bits per heavy atom. The van der Waals surface area contributed by atoms with Crippen molar-refractivity contribution in [3.05, 3.63) is 48.0 Å². The number of carbonyl (C=O) groups excluding carboxylic acids is 1. The highest BCUT2D eigenvalue weighted by atomic mass is 16.5. The van der Waals surface area contributed by atoms with Crippen LogP contribution in [-0.2, 0) is 5.54 Å². The summed E-state index contributed by atoms with van der Waals surface area (Å²) in [7, 11) is 4.78. The van der Waals surface area contributed by atoms with Gasteiger partial charge in [-0.2, -0.15) is 0 Å². The third kappa shape index (κ3) is 5.70. The van der Waals surface area contributed by atoms with Crippen LogP contribution < -0.4 is 29.6 Å². The zero-order chi connectivity index (χ0) is 20.6. The molecule has 7 nitrogen and oxygen atoms in total. The first-order valence-electron chi connectivity index (χ1n) is 8.95. The fraction of sp³-hybridized carbons (Fsp3) is 0.381. The largest absolute Gasteiger partial charge is 0.497 e. The third-order valence-corrected chi connectivity index (χ3v) is 4.25. The number of nitrogens with one attached hydrogen (secondary N) is 2. The van der Waals surface area contributed by atoms with Gasteiger partial charge < -0.3 is 29.6 Å². The first kappa shape index (κ1) is 21.2. The summed E-state index contributed by atoms with van der Waals surface area (Å²) in [4.78, 5) is 12.3. The average molecular weight is 388 g/mol. The molecule has 0 fully saturated rings. The maximum Gasteiger partial charge on any atom is 0.315 e. The van der Waals surface area contributed by atoms with E-state index in [1.165, 1.54) is 0 Å². The molecule has 0 heterocycles. The van der Waals surface area contributed by atoms with Crippen LogP contribution in [0.25, 0.3) is 0 Å². The second-order valence-corrected chi connectivity index (χ2v) is 6.60. The molecule has 2 aromatic carbocycles. The van der Waals surface area contributed by atoms with Crippen molar-refractivity contribution in [2.75, 3.05) is 34.5 Å². The van der Waals surface area contributed by atoms with Crippen molar-refractivity contribution >= 4 is 6.03 Å². The van der Waals surface area contributed by atoms with Crippen molar-refractivity contribution in [1.82, 2.24) is 10.6 Å². The van der Waals surface area contributed by atoms with E-state index < -0.39 is 5.54 Å². The maximum absolute atomic E-state index is 12.3. The van der Waals surface area contributed by atoms with E-state index in [4.69, 9.17) is 18.9 Å². The molecule has 0 atom stereocenters. The van der Waals surface area contributed by atoms with Crippen molar-refractivity contribution in [3.63, 3.8) is 0 Å². The third-order valence-electron chi connectivity index (χ3n) is 4.25. The summed E-state index contributed by atoms with van der Waals surface area (Å²) in [6, 6.07) is 12.6. The number of benzene rings is 2. The number of rotatable bonds is 9. The molecule has 0 unspecified atom stereocenters. The van der Waals surface area contributed by atoms with E-state index in [9.17, 15) is 4.79 Å². The van der Waals surface area contributed by atoms with Crippen LogP contribution in [0.4, 0.5) is 4.79 Å². The highest BCUT2D eigenvalue weighted by Crippen LogP contribution is 2.32. The summed E-state index contributed by atoms with van der Waals surface area (Å²) >= 11 is 0. The second kappa shape index (κ2) is 9.73. The molecule has 152 valence electrons. The Morgan fingerprint density at radius 3 is 2.14 bits per heavy atom. The second-order valence-electron chi connectivity index (χ2n) is 6.60. The van der Waals surface area contributed by atoms with Gasteiger partial charge in [-0.15, -0.1) is 0 Å². The van der Waals surface area contributed by atoms with Crippen LogP contribution in [0.2, 0.25) is 0 Å². The van der Waals surface area contributed by atoms with Gasteiger partial charge in [0.1, 0.15) is 18.1 Å². The highest BCUT2D eigenvalue weighted by Gasteiger charge is 2.24. The molecule has 0 saturated heterocycles. The Labute approximate surface area is 165 Å². The molecule has 7 heteroatoms. The van der Waals surface area contributed by atoms with Crippen molar-refractivity contribution in [1.29, 1.82) is 0 Å². The number of hydrogen-bond donors (Lipinski definition) is 2. The van der Waals surface area contributed by atoms with E-state index in [0.717, 1.165) is 11.3 Å². The fourth-order valence-corrected chi connectivity index (χ4v) is 2.63. The van der Waals surface area contributed by atoms with Gasteiger partial charge in [0, 0.05) is 0 Å². The molecular weight excluding hydrogens is 360 g/mol. The molecule has 2 aromatic rings. The fourth-order valence-electron chi connectivity index (χ4n) is 2.63. The van der Waals surface area contributed by atoms with E-state index in [2.05, 4.69) is 10.6 Å². The summed E-state index contributed by atoms with van der Waals surface area (Å²) in [5.74, 6) is 2.74. The van der Waals surface area contributed by atoms with Crippen molar-refractivity contribution in [2.45, 2.75) is 19.4 Å². The Morgan fingerprint density at radius 1 is 0.893 bits per heavy atom. The first-order valence-corrected chi connectivity index (χ1v) is 8.95. The predicted octanol–water partition coefficient (Wildman–Crippen LogP) is 3.33. The number of methoxy groups -OCH3 is 3. The zero-order valence-corrected chi connectivity index (χ0v) is 17.0. The molecule has 0 aliphatic rings. The van der Waals surface area contributed by atoms with Crippen LogP contribution >= 0.6 is 0 Å². The van der Waals surface area contributed by atoms with E-state index in [0.29, 0.717) is 30.4 Å². The van der Waals surface area contributed by atoms with Crippen LogP contribution in [0.5, 0.6) is 23.0 Å². The van der Waals surface area contributed by atoms with E-state index in [1.54, 1.807) is 21.3 Å². The number of ether oxygens (including phenoxy) is 4. The molecule has 0 aromatic heterocycles. The lowest BCUT2D eigenvalue weighted by Gasteiger charge is -2.27. The first-order chi connectivity index (χ1) is 13.4. The summed E-state index contributed by atoms with van der Waals surface area (Å²) in [5, 5.41) is 5.75. The molecule has 0 radical (unpaired) electrons. The zero-order valence-electron chi connectivity index (χ0n) is 17.0. The van der Waals surface area contributed by atoms with E-state index >= 15 is 0 Å². The van der Waals surface area contributed by atoms with Crippen LogP contribution in [0.15, 0.2) is 42.5 Å². The Bertz CT molecular complexity index is 775. The minimum Gasteiger partial charge on any atom is -0.497 e. The molecular formula is C21H28N2O5. The van der Waals surface area contributed by atoms with E-state index in [1.807, 2.05) is 56.3 Å². The van der Waals surface area contributed by atoms with Crippen LogP contribution in [0.1, 0.15) is 19.4 Å². The van der Waals surface area contributed by atoms with Gasteiger partial charge in [-0.3, -0.25) is 0 Å². The monoisotopic (exact) mass is 388 g/mol. The van der Waals surface area contributed by atoms with Gasteiger partial charge in [0.05, 0.1) is 33.4 Å². The van der Waals surface area contributed by atoms with Crippen molar-refractivity contribution < 1.29 is 23.7 Å². The molecule has 0 bridgehead atoms. The Hall–Kier alpha value is -3.09. The maximum atomic E-state index is 12.3. The van der Waals surface area contributed by atoms with Crippen molar-refractivity contribution in [3.8, 4) is 23.0 Å². The van der Waals surface area contributed by atoms with Crippen molar-refractivity contribution in [2.24, 2.45) is 0 Å². The SMILES string of the molecule is COc1ccc(OCCNC(=O)NC(C)(C)c2ccc(OC)c(OC)c2)cc1. The van der Waals surface area contributed by atoms with Gasteiger partial charge in [0.2, 0.25) is 0 Å². The Kier molecular flexibility index (Phi) is 7.37. The van der Waals surface area contributed by atoms with Gasteiger partial charge in [-0.05, 0) is 55.8 Å². The summed E-state index contributed by atoms with van der Waals surface area (Å²) in [6.07, 6.45) is 0. The molecule has 2 rings (SSSR count). The van der Waals surface area contributed by atoms with Gasteiger partial charge in [-0.25, -0.2) is 4.79 Å². The molecule has 0 spiro atoms. The minimum atomic E-state index is -0.597. The summed E-state index contributed by atoms with van der Waals surface area (Å²) < 4.78 is 21.3. The number of amides is 2. The minimum absolute atomic E-state index is 0.280. The number of carbonyl (C=O) groups is 1. The standard InChI is InChI=1S/C21H28N2O5/c1-21(2,15-6-11-18(26-4)19(14-15)27-5)23-20(24)22-12-13-28-17-9-7-16(25-3)8-10-17/h6-11,14H,12-13H2,1-5H3,(H2,22,23,24). The van der Waals surface area contributed by atoms with E-state index in [-0.39, 0.29) is 6.03 Å².